The van der Waals surface area contributed by atoms with E-state index in [-0.39, 0.29) is 5.78 Å². The van der Waals surface area contributed by atoms with E-state index in [2.05, 4.69) is 11.1 Å². The van der Waals surface area contributed by atoms with Crippen molar-refractivity contribution < 1.29 is 9.53 Å². The summed E-state index contributed by atoms with van der Waals surface area (Å²) in [4.78, 5) is 16.1. The molecule has 22 heavy (non-hydrogen) atoms. The van der Waals surface area contributed by atoms with Gasteiger partial charge in [-0.15, -0.1) is 11.3 Å². The van der Waals surface area contributed by atoms with Crippen LogP contribution in [0.3, 0.4) is 0 Å². The Morgan fingerprint density at radius 2 is 2.09 bits per heavy atom. The van der Waals surface area contributed by atoms with Crippen LogP contribution < -0.4 is 4.74 Å². The van der Waals surface area contributed by atoms with E-state index in [1.807, 2.05) is 30.3 Å². The molecule has 0 amide bonds. The number of thioether (sulfide) groups is 1. The maximum absolute atomic E-state index is 11.5. The number of thiazole rings is 1. The molecular weight excluding hydrogens is 314 g/mol. The number of benzene rings is 2. The molecule has 3 nitrogen and oxygen atoms in total. The minimum Gasteiger partial charge on any atom is -0.496 e. The molecule has 2 aromatic carbocycles. The molecule has 0 N–H and O–H groups in total. The van der Waals surface area contributed by atoms with Gasteiger partial charge in [0, 0.05) is 16.9 Å². The fourth-order valence-electron chi connectivity index (χ4n) is 2.16. The fourth-order valence-corrected chi connectivity index (χ4v) is 4.21. The number of para-hydroxylation sites is 1. The van der Waals surface area contributed by atoms with Crippen LogP contribution in [0.4, 0.5) is 0 Å². The molecule has 3 rings (SSSR count). The van der Waals surface area contributed by atoms with Crippen LogP contribution in [-0.2, 0) is 5.75 Å². The zero-order valence-corrected chi connectivity index (χ0v) is 14.0. The molecule has 0 aliphatic rings. The van der Waals surface area contributed by atoms with Crippen molar-refractivity contribution in [2.24, 2.45) is 0 Å². The summed E-state index contributed by atoms with van der Waals surface area (Å²) in [6, 6.07) is 13.7. The third kappa shape index (κ3) is 3.15. The predicted molar refractivity (Wildman–Crippen MR) is 92.2 cm³/mol. The largest absolute Gasteiger partial charge is 0.496 e. The summed E-state index contributed by atoms with van der Waals surface area (Å²) in [6.45, 7) is 1.58. The van der Waals surface area contributed by atoms with Gasteiger partial charge in [-0.05, 0) is 37.3 Å². The highest BCUT2D eigenvalue weighted by Gasteiger charge is 2.10. The molecule has 0 radical (unpaired) electrons. The first-order valence-electron chi connectivity index (χ1n) is 6.83. The van der Waals surface area contributed by atoms with Crippen molar-refractivity contribution in [3.63, 3.8) is 0 Å². The van der Waals surface area contributed by atoms with E-state index in [9.17, 15) is 4.79 Å². The topological polar surface area (TPSA) is 39.2 Å². The van der Waals surface area contributed by atoms with Gasteiger partial charge in [-0.2, -0.15) is 0 Å². The Morgan fingerprint density at radius 3 is 2.82 bits per heavy atom. The van der Waals surface area contributed by atoms with Gasteiger partial charge in [0.2, 0.25) is 0 Å². The highest BCUT2D eigenvalue weighted by molar-refractivity contribution is 8.00. The lowest BCUT2D eigenvalue weighted by atomic mass is 10.1. The lowest BCUT2D eigenvalue weighted by molar-refractivity contribution is 0.101. The molecule has 0 fully saturated rings. The number of hydrogen-bond donors (Lipinski definition) is 0. The number of rotatable bonds is 5. The van der Waals surface area contributed by atoms with Crippen molar-refractivity contribution in [3.8, 4) is 5.75 Å². The molecule has 0 atom stereocenters. The third-order valence-electron chi connectivity index (χ3n) is 3.31. The van der Waals surface area contributed by atoms with Gasteiger partial charge in [-0.25, -0.2) is 4.98 Å². The van der Waals surface area contributed by atoms with Gasteiger partial charge in [0.25, 0.3) is 0 Å². The number of Topliss-reactive ketones (excluding diaryl/α,β-unsaturated/α-hetero) is 1. The van der Waals surface area contributed by atoms with Crippen LogP contribution in [0.25, 0.3) is 10.2 Å². The Kier molecular flexibility index (Phi) is 4.45. The number of aromatic nitrogens is 1. The zero-order chi connectivity index (χ0) is 15.5. The van der Waals surface area contributed by atoms with Crippen LogP contribution in [0.1, 0.15) is 22.8 Å². The Hall–Kier alpha value is -1.85. The van der Waals surface area contributed by atoms with Gasteiger partial charge in [-0.3, -0.25) is 4.79 Å². The van der Waals surface area contributed by atoms with Crippen molar-refractivity contribution in [3.05, 3.63) is 53.6 Å². The van der Waals surface area contributed by atoms with Gasteiger partial charge in [0.1, 0.15) is 5.75 Å². The number of nitrogens with zero attached hydrogens (tertiary/aromatic N) is 1. The van der Waals surface area contributed by atoms with Gasteiger partial charge in [0.05, 0.1) is 17.3 Å². The first-order valence-corrected chi connectivity index (χ1v) is 8.64. The molecule has 0 unspecified atom stereocenters. The van der Waals surface area contributed by atoms with Crippen LogP contribution in [0.2, 0.25) is 0 Å². The summed E-state index contributed by atoms with van der Waals surface area (Å²) < 4.78 is 7.60. The fraction of sp³-hybridized carbons (Fsp3) is 0.176. The van der Waals surface area contributed by atoms with Gasteiger partial charge in [0.15, 0.2) is 10.1 Å². The number of ether oxygens (including phenoxy) is 1. The van der Waals surface area contributed by atoms with E-state index in [0.29, 0.717) is 5.56 Å². The van der Waals surface area contributed by atoms with Gasteiger partial charge in [-0.1, -0.05) is 23.9 Å². The van der Waals surface area contributed by atoms with Crippen LogP contribution in [0.5, 0.6) is 5.75 Å². The summed E-state index contributed by atoms with van der Waals surface area (Å²) in [6.07, 6.45) is 0. The van der Waals surface area contributed by atoms with E-state index >= 15 is 0 Å². The van der Waals surface area contributed by atoms with E-state index < -0.39 is 0 Å². The van der Waals surface area contributed by atoms with Crippen LogP contribution in [-0.4, -0.2) is 17.9 Å². The molecular formula is C17H15NO2S2. The van der Waals surface area contributed by atoms with E-state index in [1.54, 1.807) is 43.2 Å². The summed E-state index contributed by atoms with van der Waals surface area (Å²) in [5.41, 5.74) is 2.75. The molecule has 0 bridgehead atoms. The number of carbonyl (C=O) groups excluding carboxylic acids is 1. The first kappa shape index (κ1) is 15.1. The highest BCUT2D eigenvalue weighted by Crippen LogP contribution is 2.33. The van der Waals surface area contributed by atoms with E-state index in [1.165, 1.54) is 4.70 Å². The normalized spacial score (nSPS) is 10.8. The molecule has 5 heteroatoms. The molecule has 112 valence electrons. The van der Waals surface area contributed by atoms with Gasteiger partial charge >= 0.3 is 0 Å². The monoisotopic (exact) mass is 329 g/mol. The highest BCUT2D eigenvalue weighted by atomic mass is 32.2. The molecule has 0 spiro atoms. The summed E-state index contributed by atoms with van der Waals surface area (Å²) in [7, 11) is 1.65. The Bertz CT molecular complexity index is 793. The average molecular weight is 329 g/mol. The molecule has 1 aromatic heterocycles. The quantitative estimate of drug-likeness (QED) is 0.498. The third-order valence-corrected chi connectivity index (χ3v) is 5.54. The molecule has 0 aliphatic carbocycles. The lowest BCUT2D eigenvalue weighted by Crippen LogP contribution is -1.96. The maximum atomic E-state index is 11.5. The number of ketones is 1. The second-order valence-electron chi connectivity index (χ2n) is 4.82. The second-order valence-corrected chi connectivity index (χ2v) is 7.07. The second kappa shape index (κ2) is 6.50. The van der Waals surface area contributed by atoms with Gasteiger partial charge < -0.3 is 4.74 Å². The standard InChI is InChI=1S/C17H15NO2S2/c1-11(19)12-7-8-15(20-2)13(9-12)10-21-17-18-14-5-3-4-6-16(14)22-17/h3-9H,10H2,1-2H3. The van der Waals surface area contributed by atoms with E-state index in [0.717, 1.165) is 26.9 Å². The summed E-state index contributed by atoms with van der Waals surface area (Å²) >= 11 is 3.35. The molecule has 1 heterocycles. The van der Waals surface area contributed by atoms with Crippen LogP contribution in [0, 0.1) is 0 Å². The molecule has 0 saturated heterocycles. The number of hydrogen-bond acceptors (Lipinski definition) is 5. The Balaban J connectivity index is 1.83. The maximum Gasteiger partial charge on any atom is 0.159 e. The molecule has 0 aliphatic heterocycles. The minimum atomic E-state index is 0.0638. The number of fused-ring (bicyclic) bond motifs is 1. The summed E-state index contributed by atoms with van der Waals surface area (Å²) in [5, 5.41) is 0. The van der Waals surface area contributed by atoms with Crippen molar-refractivity contribution in [2.45, 2.75) is 17.0 Å². The minimum absolute atomic E-state index is 0.0638. The summed E-state index contributed by atoms with van der Waals surface area (Å²) in [5.74, 6) is 1.59. The smallest absolute Gasteiger partial charge is 0.159 e. The van der Waals surface area contributed by atoms with Crippen molar-refractivity contribution >= 4 is 39.1 Å². The Morgan fingerprint density at radius 1 is 1.27 bits per heavy atom. The lowest BCUT2D eigenvalue weighted by Gasteiger charge is -2.08. The van der Waals surface area contributed by atoms with Crippen molar-refractivity contribution in [2.75, 3.05) is 7.11 Å². The average Bonchev–Trinajstić information content (AvgIpc) is 2.95. The molecule has 3 aromatic rings. The Labute approximate surface area is 137 Å². The van der Waals surface area contributed by atoms with E-state index in [4.69, 9.17) is 4.74 Å². The first-order chi connectivity index (χ1) is 10.7. The predicted octanol–water partition coefficient (Wildman–Crippen LogP) is 4.80. The van der Waals surface area contributed by atoms with Crippen LogP contribution >= 0.6 is 23.1 Å². The SMILES string of the molecule is COc1ccc(C(C)=O)cc1CSc1nc2ccccc2s1. The molecule has 0 saturated carbocycles. The van der Waals surface area contributed by atoms with Crippen molar-refractivity contribution in [1.29, 1.82) is 0 Å². The number of carbonyl (C=O) groups is 1. The van der Waals surface area contributed by atoms with Crippen molar-refractivity contribution in [1.82, 2.24) is 4.98 Å². The zero-order valence-electron chi connectivity index (χ0n) is 12.3. The van der Waals surface area contributed by atoms with Crippen LogP contribution in [0.15, 0.2) is 46.8 Å². The number of methoxy groups -OCH3 is 1.